The molecule has 8 heteroatoms. The Hall–Kier alpha value is -3.94. The Morgan fingerprint density at radius 2 is 2.11 bits per heavy atom. The number of ketones is 1. The van der Waals surface area contributed by atoms with Crippen LogP contribution in [0.3, 0.4) is 0 Å². The van der Waals surface area contributed by atoms with E-state index in [9.17, 15) is 9.59 Å². The number of esters is 1. The van der Waals surface area contributed by atoms with Crippen molar-refractivity contribution in [2.45, 2.75) is 6.92 Å². The smallest absolute Gasteiger partial charge is 0.347 e. The molecule has 4 heterocycles. The third-order valence-electron chi connectivity index (χ3n) is 4.08. The number of carbonyl (C=O) groups excluding carboxylic acids is 2. The second-order valence-corrected chi connectivity index (χ2v) is 5.87. The molecule has 0 fully saturated rings. The number of rotatable bonds is 5. The first kappa shape index (κ1) is 17.5. The summed E-state index contributed by atoms with van der Waals surface area (Å²) in [5.74, 6) is -1.25. The van der Waals surface area contributed by atoms with E-state index in [2.05, 4.69) is 20.3 Å². The summed E-state index contributed by atoms with van der Waals surface area (Å²) < 4.78 is 10.7. The predicted molar refractivity (Wildman–Crippen MR) is 102 cm³/mol. The van der Waals surface area contributed by atoms with Gasteiger partial charge in [-0.1, -0.05) is 0 Å². The highest BCUT2D eigenvalue weighted by atomic mass is 16.5. The zero-order valence-corrected chi connectivity index (χ0v) is 14.9. The molecule has 0 saturated heterocycles. The molecule has 0 bridgehead atoms. The maximum atomic E-state index is 12.9. The van der Waals surface area contributed by atoms with E-state index in [-0.39, 0.29) is 23.8 Å². The molecular weight excluding hydrogens is 360 g/mol. The van der Waals surface area contributed by atoms with Crippen molar-refractivity contribution in [2.75, 3.05) is 11.9 Å². The lowest BCUT2D eigenvalue weighted by Gasteiger charge is -2.08. The van der Waals surface area contributed by atoms with Gasteiger partial charge in [0.25, 0.3) is 0 Å². The molecular formula is C20H16N4O4. The van der Waals surface area contributed by atoms with E-state index in [1.54, 1.807) is 56.0 Å². The van der Waals surface area contributed by atoms with E-state index in [4.69, 9.17) is 9.47 Å². The van der Waals surface area contributed by atoms with Crippen molar-refractivity contribution in [3.05, 3.63) is 71.8 Å². The first-order valence-corrected chi connectivity index (χ1v) is 8.62. The van der Waals surface area contributed by atoms with Crippen molar-refractivity contribution in [3.8, 4) is 0 Å². The van der Waals surface area contributed by atoms with Gasteiger partial charge >= 0.3 is 5.97 Å². The van der Waals surface area contributed by atoms with Crippen LogP contribution in [-0.4, -0.2) is 33.3 Å². The second-order valence-electron chi connectivity index (χ2n) is 5.87. The molecule has 0 radical (unpaired) electrons. The molecule has 28 heavy (non-hydrogen) atoms. The quantitative estimate of drug-likeness (QED) is 0.401. The fourth-order valence-corrected chi connectivity index (χ4v) is 2.81. The van der Waals surface area contributed by atoms with Crippen LogP contribution >= 0.6 is 0 Å². The molecule has 3 aromatic rings. The van der Waals surface area contributed by atoms with Crippen molar-refractivity contribution >= 4 is 34.5 Å². The van der Waals surface area contributed by atoms with Gasteiger partial charge in [0.1, 0.15) is 5.65 Å². The molecule has 0 atom stereocenters. The van der Waals surface area contributed by atoms with Gasteiger partial charge in [-0.3, -0.25) is 9.78 Å². The largest absolute Gasteiger partial charge is 0.462 e. The highest BCUT2D eigenvalue weighted by Crippen LogP contribution is 2.30. The van der Waals surface area contributed by atoms with Crippen LogP contribution in [-0.2, 0) is 19.1 Å². The minimum Gasteiger partial charge on any atom is -0.462 e. The molecule has 8 nitrogen and oxygen atoms in total. The number of hydrogen-bond donors (Lipinski definition) is 2. The van der Waals surface area contributed by atoms with Crippen LogP contribution in [0.1, 0.15) is 12.5 Å². The zero-order chi connectivity index (χ0) is 19.5. The Labute approximate surface area is 159 Å². The molecule has 0 spiro atoms. The first-order valence-electron chi connectivity index (χ1n) is 8.62. The number of allylic oxidation sites excluding steroid dienone is 1. The molecule has 1 aliphatic heterocycles. The molecule has 140 valence electrons. The molecule has 4 rings (SSSR count). The van der Waals surface area contributed by atoms with Crippen LogP contribution in [0.4, 0.5) is 5.69 Å². The third kappa shape index (κ3) is 3.23. The number of aromatic nitrogens is 3. The van der Waals surface area contributed by atoms with Gasteiger partial charge in [0, 0.05) is 41.4 Å². The highest BCUT2D eigenvalue weighted by molar-refractivity contribution is 6.26. The minimum absolute atomic E-state index is 0.0179. The Balaban J connectivity index is 1.70. The van der Waals surface area contributed by atoms with Crippen LogP contribution in [0.25, 0.3) is 17.1 Å². The Kier molecular flexibility index (Phi) is 4.59. The van der Waals surface area contributed by atoms with Crippen LogP contribution < -0.4 is 5.32 Å². The van der Waals surface area contributed by atoms with Crippen LogP contribution in [0, 0.1) is 0 Å². The topological polar surface area (TPSA) is 106 Å². The number of fused-ring (bicyclic) bond motifs is 1. The maximum Gasteiger partial charge on any atom is 0.347 e. The fraction of sp³-hybridized carbons (Fsp3) is 0.100. The van der Waals surface area contributed by atoms with E-state index < -0.39 is 11.8 Å². The Morgan fingerprint density at radius 1 is 1.29 bits per heavy atom. The van der Waals surface area contributed by atoms with E-state index in [0.29, 0.717) is 11.3 Å². The summed E-state index contributed by atoms with van der Waals surface area (Å²) in [4.78, 5) is 36.4. The normalized spacial score (nSPS) is 15.2. The van der Waals surface area contributed by atoms with E-state index in [0.717, 1.165) is 10.9 Å². The summed E-state index contributed by atoms with van der Waals surface area (Å²) in [5, 5.41) is 3.78. The number of ether oxygens (including phenoxy) is 2. The number of pyridine rings is 2. The van der Waals surface area contributed by atoms with Gasteiger partial charge in [0.2, 0.25) is 11.7 Å². The number of aromatic amines is 1. The number of H-pyrrole nitrogens is 1. The molecule has 2 N–H and O–H groups in total. The molecule has 1 aliphatic rings. The van der Waals surface area contributed by atoms with Gasteiger partial charge in [0.15, 0.2) is 11.3 Å². The van der Waals surface area contributed by atoms with Crippen LogP contribution in [0.15, 0.2) is 66.3 Å². The summed E-state index contributed by atoms with van der Waals surface area (Å²) in [6, 6.07) is 7.06. The van der Waals surface area contributed by atoms with Gasteiger partial charge in [-0.15, -0.1) is 0 Å². The zero-order valence-electron chi connectivity index (χ0n) is 14.9. The molecule has 0 unspecified atom stereocenters. The van der Waals surface area contributed by atoms with E-state index in [1.807, 2.05) is 6.07 Å². The van der Waals surface area contributed by atoms with E-state index in [1.165, 1.54) is 0 Å². The first-order chi connectivity index (χ1) is 13.7. The van der Waals surface area contributed by atoms with Gasteiger partial charge in [-0.05, 0) is 37.3 Å². The summed E-state index contributed by atoms with van der Waals surface area (Å²) in [6.45, 7) is 1.82. The minimum atomic E-state index is -0.743. The predicted octanol–water partition coefficient (Wildman–Crippen LogP) is 2.78. The van der Waals surface area contributed by atoms with Crippen molar-refractivity contribution in [2.24, 2.45) is 0 Å². The lowest BCUT2D eigenvalue weighted by atomic mass is 10.1. The maximum absolute atomic E-state index is 12.9. The fourth-order valence-electron chi connectivity index (χ4n) is 2.81. The Morgan fingerprint density at radius 3 is 2.89 bits per heavy atom. The standard InChI is InChI=1S/C20H16N4O4/c1-2-27-20(26)16-17(25)15(28-19(16)24-13-5-8-21-9-6-13)10-12-11-23-18-14(12)4-3-7-22-18/h3-11H,2H2,1H3,(H,21,24)(H,22,23)/b15-10-. The van der Waals surface area contributed by atoms with Gasteiger partial charge in [0.05, 0.1) is 6.61 Å². The SMILES string of the molecule is CCOC(=O)C1=C(Nc2ccncc2)O/C(=C\c2c[nH]c3ncccc23)C1=O. The molecule has 0 aromatic carbocycles. The number of nitrogens with one attached hydrogen (secondary N) is 2. The van der Waals surface area contributed by atoms with Gasteiger partial charge < -0.3 is 19.8 Å². The summed E-state index contributed by atoms with van der Waals surface area (Å²) >= 11 is 0. The summed E-state index contributed by atoms with van der Waals surface area (Å²) in [7, 11) is 0. The lowest BCUT2D eigenvalue weighted by Crippen LogP contribution is -2.16. The number of nitrogens with zero attached hydrogens (tertiary/aromatic N) is 2. The molecule has 0 aliphatic carbocycles. The molecule has 3 aromatic heterocycles. The van der Waals surface area contributed by atoms with Crippen molar-refractivity contribution < 1.29 is 19.1 Å². The van der Waals surface area contributed by atoms with Crippen molar-refractivity contribution in [1.29, 1.82) is 0 Å². The summed E-state index contributed by atoms with van der Waals surface area (Å²) in [6.07, 6.45) is 8.13. The van der Waals surface area contributed by atoms with Gasteiger partial charge in [-0.2, -0.15) is 0 Å². The average molecular weight is 376 g/mol. The van der Waals surface area contributed by atoms with Crippen molar-refractivity contribution in [3.63, 3.8) is 0 Å². The Bertz CT molecular complexity index is 1120. The van der Waals surface area contributed by atoms with E-state index >= 15 is 0 Å². The van der Waals surface area contributed by atoms with Crippen LogP contribution in [0.2, 0.25) is 0 Å². The lowest BCUT2D eigenvalue weighted by molar-refractivity contribution is -0.139. The number of carbonyl (C=O) groups is 2. The second kappa shape index (κ2) is 7.36. The van der Waals surface area contributed by atoms with Crippen molar-refractivity contribution in [1.82, 2.24) is 15.0 Å². The number of Topliss-reactive ketones (excluding diaryl/α,β-unsaturated/α-hetero) is 1. The monoisotopic (exact) mass is 376 g/mol. The number of hydrogen-bond acceptors (Lipinski definition) is 7. The summed E-state index contributed by atoms with van der Waals surface area (Å²) in [5.41, 5.74) is 1.85. The molecule has 0 saturated carbocycles. The molecule has 0 amide bonds. The van der Waals surface area contributed by atoms with Gasteiger partial charge in [-0.25, -0.2) is 9.78 Å². The number of anilines is 1. The third-order valence-corrected chi connectivity index (χ3v) is 4.08. The highest BCUT2D eigenvalue weighted by Gasteiger charge is 2.37. The van der Waals surface area contributed by atoms with Crippen LogP contribution in [0.5, 0.6) is 0 Å². The average Bonchev–Trinajstić information content (AvgIpc) is 3.24.